The summed E-state index contributed by atoms with van der Waals surface area (Å²) in [6.45, 7) is 0.423. The van der Waals surface area contributed by atoms with Crippen LogP contribution in [0.25, 0.3) is 0 Å². The molecule has 4 N–H and O–H groups in total. The molecule has 0 bridgehead atoms. The van der Waals surface area contributed by atoms with Gasteiger partial charge in [-0.1, -0.05) is 0 Å². The monoisotopic (exact) mass is 191 g/mol. The van der Waals surface area contributed by atoms with Gasteiger partial charge < -0.3 is 20.7 Å². The molecule has 13 heavy (non-hydrogen) atoms. The standard InChI is InChI=1S/C7H10O5.H3N/c1-11-4-5-12-7(10)3-2-6(8)9;/h2-3H,4-5H2,1H3,(H,8,9);1H3/b3-2+;. The molecule has 0 saturated heterocycles. The molecule has 0 rings (SSSR count). The highest BCUT2D eigenvalue weighted by atomic mass is 16.6. The molecule has 0 amide bonds. The molecule has 0 aromatic heterocycles. The Hall–Kier alpha value is -1.40. The zero-order chi connectivity index (χ0) is 9.40. The quantitative estimate of drug-likeness (QED) is 0.359. The maximum absolute atomic E-state index is 10.6. The fraction of sp³-hybridized carbons (Fsp3) is 0.429. The lowest BCUT2D eigenvalue weighted by Gasteiger charge is -1.98. The number of methoxy groups -OCH3 is 1. The van der Waals surface area contributed by atoms with E-state index in [1.165, 1.54) is 7.11 Å². The summed E-state index contributed by atoms with van der Waals surface area (Å²) in [7, 11) is 1.47. The number of carboxylic acids is 1. The summed E-state index contributed by atoms with van der Waals surface area (Å²) in [4.78, 5) is 20.5. The molecule has 0 unspecified atom stereocenters. The molecular weight excluding hydrogens is 178 g/mol. The average molecular weight is 191 g/mol. The van der Waals surface area contributed by atoms with Gasteiger partial charge in [-0.25, -0.2) is 9.59 Å². The van der Waals surface area contributed by atoms with Crippen LogP contribution in [0.3, 0.4) is 0 Å². The number of ether oxygens (including phenoxy) is 2. The third-order valence-corrected chi connectivity index (χ3v) is 0.894. The lowest BCUT2D eigenvalue weighted by Crippen LogP contribution is -2.07. The molecule has 0 heterocycles. The summed E-state index contributed by atoms with van der Waals surface area (Å²) < 4.78 is 9.12. The number of carbonyl (C=O) groups excluding carboxylic acids is 1. The Morgan fingerprint density at radius 1 is 1.31 bits per heavy atom. The van der Waals surface area contributed by atoms with Gasteiger partial charge in [0.1, 0.15) is 6.61 Å². The molecule has 0 aromatic rings. The number of hydrogen-bond acceptors (Lipinski definition) is 5. The van der Waals surface area contributed by atoms with Crippen LogP contribution in [0.1, 0.15) is 0 Å². The van der Waals surface area contributed by atoms with Crippen LogP contribution < -0.4 is 6.15 Å². The van der Waals surface area contributed by atoms with Crippen molar-refractivity contribution in [3.8, 4) is 0 Å². The Bertz CT molecular complexity index is 189. The number of esters is 1. The summed E-state index contributed by atoms with van der Waals surface area (Å²) in [6.07, 6.45) is 1.56. The predicted molar refractivity (Wildman–Crippen MR) is 44.6 cm³/mol. The molecule has 0 fully saturated rings. The van der Waals surface area contributed by atoms with Crippen LogP contribution in [0.5, 0.6) is 0 Å². The summed E-state index contributed by atoms with van der Waals surface area (Å²) >= 11 is 0. The van der Waals surface area contributed by atoms with Gasteiger partial charge in [-0.15, -0.1) is 0 Å². The van der Waals surface area contributed by atoms with Gasteiger partial charge in [-0.2, -0.15) is 0 Å². The van der Waals surface area contributed by atoms with Crippen LogP contribution in [0, 0.1) is 0 Å². The largest absolute Gasteiger partial charge is 0.478 e. The van der Waals surface area contributed by atoms with Crippen LogP contribution in [0.15, 0.2) is 12.2 Å². The van der Waals surface area contributed by atoms with Crippen molar-refractivity contribution in [1.29, 1.82) is 0 Å². The molecule has 0 radical (unpaired) electrons. The van der Waals surface area contributed by atoms with Crippen molar-refractivity contribution in [2.24, 2.45) is 0 Å². The van der Waals surface area contributed by atoms with Crippen molar-refractivity contribution in [3.63, 3.8) is 0 Å². The maximum atomic E-state index is 10.6. The number of carbonyl (C=O) groups is 2. The number of hydrogen-bond donors (Lipinski definition) is 2. The van der Waals surface area contributed by atoms with E-state index in [0.717, 1.165) is 12.2 Å². The first-order valence-corrected chi connectivity index (χ1v) is 3.23. The van der Waals surface area contributed by atoms with Crippen LogP contribution in [-0.2, 0) is 19.1 Å². The predicted octanol–water partition coefficient (Wildman–Crippen LogP) is -0.0212. The zero-order valence-corrected chi connectivity index (χ0v) is 7.36. The van der Waals surface area contributed by atoms with E-state index in [4.69, 9.17) is 5.11 Å². The third kappa shape index (κ3) is 10.6. The van der Waals surface area contributed by atoms with E-state index in [1.807, 2.05) is 0 Å². The van der Waals surface area contributed by atoms with Gasteiger partial charge in [0.2, 0.25) is 0 Å². The van der Waals surface area contributed by atoms with Crippen LogP contribution in [-0.4, -0.2) is 37.4 Å². The zero-order valence-electron chi connectivity index (χ0n) is 7.36. The van der Waals surface area contributed by atoms with Crippen molar-refractivity contribution in [2.75, 3.05) is 20.3 Å². The van der Waals surface area contributed by atoms with Crippen LogP contribution in [0.2, 0.25) is 0 Å². The number of carboxylic acid groups (broad SMARTS) is 1. The first-order valence-electron chi connectivity index (χ1n) is 3.23. The minimum atomic E-state index is -1.18. The highest BCUT2D eigenvalue weighted by Crippen LogP contribution is 1.82. The Balaban J connectivity index is 0. The second-order valence-corrected chi connectivity index (χ2v) is 1.83. The van der Waals surface area contributed by atoms with Gasteiger partial charge in [-0.05, 0) is 0 Å². The average Bonchev–Trinajstić information content (AvgIpc) is 2.01. The number of aliphatic carboxylic acids is 1. The van der Waals surface area contributed by atoms with Crippen molar-refractivity contribution in [2.45, 2.75) is 0 Å². The van der Waals surface area contributed by atoms with Gasteiger partial charge in [0.25, 0.3) is 0 Å². The first kappa shape index (κ1) is 14.1. The topological polar surface area (TPSA) is 108 Å². The molecule has 0 saturated carbocycles. The number of rotatable bonds is 5. The Morgan fingerprint density at radius 2 is 1.92 bits per heavy atom. The van der Waals surface area contributed by atoms with Crippen molar-refractivity contribution in [1.82, 2.24) is 6.15 Å². The van der Waals surface area contributed by atoms with E-state index in [0.29, 0.717) is 6.61 Å². The van der Waals surface area contributed by atoms with E-state index in [-0.39, 0.29) is 12.8 Å². The van der Waals surface area contributed by atoms with E-state index >= 15 is 0 Å². The lowest BCUT2D eigenvalue weighted by atomic mass is 10.5. The fourth-order valence-electron chi connectivity index (χ4n) is 0.413. The third-order valence-electron chi connectivity index (χ3n) is 0.894. The summed E-state index contributed by atoms with van der Waals surface area (Å²) in [5.74, 6) is -1.87. The first-order chi connectivity index (χ1) is 5.66. The van der Waals surface area contributed by atoms with Gasteiger partial charge in [-0.3, -0.25) is 0 Å². The Kier molecular flexibility index (Phi) is 9.46. The van der Waals surface area contributed by atoms with Gasteiger partial charge in [0.05, 0.1) is 6.61 Å². The van der Waals surface area contributed by atoms with Crippen LogP contribution >= 0.6 is 0 Å². The molecule has 0 atom stereocenters. The molecular formula is C7H13NO5. The Labute approximate surface area is 75.7 Å². The van der Waals surface area contributed by atoms with Gasteiger partial charge in [0, 0.05) is 19.3 Å². The van der Waals surface area contributed by atoms with Gasteiger partial charge in [0.15, 0.2) is 0 Å². The van der Waals surface area contributed by atoms with Crippen molar-refractivity contribution >= 4 is 11.9 Å². The van der Waals surface area contributed by atoms with E-state index in [1.54, 1.807) is 0 Å². The van der Waals surface area contributed by atoms with Crippen LogP contribution in [0.4, 0.5) is 0 Å². The molecule has 6 heteroatoms. The Morgan fingerprint density at radius 3 is 2.38 bits per heavy atom. The lowest BCUT2D eigenvalue weighted by molar-refractivity contribution is -0.139. The summed E-state index contributed by atoms with van der Waals surface area (Å²) in [5, 5.41) is 8.11. The SMILES string of the molecule is COCCOC(=O)/C=C/C(=O)O.N. The van der Waals surface area contributed by atoms with E-state index in [2.05, 4.69) is 9.47 Å². The summed E-state index contributed by atoms with van der Waals surface area (Å²) in [5.41, 5.74) is 0. The highest BCUT2D eigenvalue weighted by molar-refractivity contribution is 5.90. The molecule has 0 aromatic carbocycles. The molecule has 0 aliphatic carbocycles. The minimum absolute atomic E-state index is 0. The highest BCUT2D eigenvalue weighted by Gasteiger charge is 1.96. The molecule has 0 spiro atoms. The summed E-state index contributed by atoms with van der Waals surface area (Å²) in [6, 6.07) is 0. The molecule has 6 nitrogen and oxygen atoms in total. The molecule has 0 aliphatic rings. The maximum Gasteiger partial charge on any atom is 0.331 e. The van der Waals surface area contributed by atoms with E-state index in [9.17, 15) is 9.59 Å². The molecule has 76 valence electrons. The van der Waals surface area contributed by atoms with Gasteiger partial charge >= 0.3 is 11.9 Å². The normalized spacial score (nSPS) is 9.31. The van der Waals surface area contributed by atoms with E-state index < -0.39 is 11.9 Å². The van der Waals surface area contributed by atoms with Crippen molar-refractivity contribution < 1.29 is 24.2 Å². The second kappa shape index (κ2) is 8.69. The fourth-order valence-corrected chi connectivity index (χ4v) is 0.413. The minimum Gasteiger partial charge on any atom is -0.478 e. The van der Waals surface area contributed by atoms with Crippen molar-refractivity contribution in [3.05, 3.63) is 12.2 Å². The molecule has 0 aliphatic heterocycles. The smallest absolute Gasteiger partial charge is 0.331 e. The second-order valence-electron chi connectivity index (χ2n) is 1.83.